The second-order valence-electron chi connectivity index (χ2n) is 2.54. The maximum Gasteiger partial charge on any atom is 0.280 e. The number of rotatable bonds is 3. The molecule has 0 saturated heterocycles. The molecule has 0 atom stereocenters. The molecule has 0 fully saturated rings. The smallest absolute Gasteiger partial charge is 0.280 e. The molecule has 0 aliphatic heterocycles. The van der Waals surface area contributed by atoms with Crippen LogP contribution in [0.3, 0.4) is 0 Å². The molecule has 3 nitrogen and oxygen atoms in total. The van der Waals surface area contributed by atoms with Gasteiger partial charge in [-0.15, -0.1) is 0 Å². The van der Waals surface area contributed by atoms with Gasteiger partial charge in [0.2, 0.25) is 0 Å². The number of anilines is 1. The molecule has 0 spiro atoms. The van der Waals surface area contributed by atoms with Gasteiger partial charge in [-0.2, -0.15) is 0 Å². The molecule has 1 aromatic heterocycles. The minimum absolute atomic E-state index is 0.227. The molecule has 2 N–H and O–H groups in total. The molecule has 0 amide bonds. The number of alkyl halides is 3. The van der Waals surface area contributed by atoms with E-state index in [9.17, 15) is 8.78 Å². The van der Waals surface area contributed by atoms with Crippen LogP contribution in [0.15, 0.2) is 6.07 Å². The fraction of sp³-hybridized carbons (Fsp3) is 0.375. The first-order valence-electron chi connectivity index (χ1n) is 3.77. The molecule has 78 valence electrons. The van der Waals surface area contributed by atoms with Crippen molar-refractivity contribution in [3.8, 4) is 5.75 Å². The Kier molecular flexibility index (Phi) is 3.62. The Labute approximate surface area is 88.4 Å². The monoisotopic (exact) mass is 266 g/mol. The van der Waals surface area contributed by atoms with Gasteiger partial charge in [0.05, 0.1) is 18.5 Å². The molecule has 0 aliphatic carbocycles. The molecule has 1 rings (SSSR count). The van der Waals surface area contributed by atoms with Crippen molar-refractivity contribution >= 4 is 21.6 Å². The third-order valence-corrected chi connectivity index (χ3v) is 2.22. The first kappa shape index (κ1) is 11.2. The maximum absolute atomic E-state index is 12.4. The van der Waals surface area contributed by atoms with Gasteiger partial charge in [-0.3, -0.25) is 0 Å². The number of methoxy groups -OCH3 is 1. The van der Waals surface area contributed by atoms with Crippen molar-refractivity contribution in [3.05, 3.63) is 17.5 Å². The number of hydrogen-bond acceptors (Lipinski definition) is 3. The molecule has 0 aliphatic rings. The average molecular weight is 267 g/mol. The van der Waals surface area contributed by atoms with E-state index in [1.54, 1.807) is 0 Å². The standard InChI is InChI=1S/C8H9BrF2N2O/c1-14-6-2-4(8(10)11)13-5(3-9)7(6)12/h2,8H,3,12H2,1H3. The number of nitrogens with zero attached hydrogens (tertiary/aromatic N) is 1. The fourth-order valence-corrected chi connectivity index (χ4v) is 1.41. The summed E-state index contributed by atoms with van der Waals surface area (Å²) >= 11 is 3.11. The van der Waals surface area contributed by atoms with Crippen LogP contribution in [0.1, 0.15) is 17.8 Å². The lowest BCUT2D eigenvalue weighted by Crippen LogP contribution is -2.03. The molecule has 0 unspecified atom stereocenters. The summed E-state index contributed by atoms with van der Waals surface area (Å²) in [6.07, 6.45) is -2.62. The van der Waals surface area contributed by atoms with Crippen molar-refractivity contribution in [3.63, 3.8) is 0 Å². The van der Waals surface area contributed by atoms with Crippen LogP contribution in [-0.2, 0) is 5.33 Å². The minimum atomic E-state index is -2.62. The third kappa shape index (κ3) is 2.12. The van der Waals surface area contributed by atoms with Crippen molar-refractivity contribution in [2.24, 2.45) is 0 Å². The molecule has 14 heavy (non-hydrogen) atoms. The normalized spacial score (nSPS) is 10.6. The summed E-state index contributed by atoms with van der Waals surface area (Å²) in [6, 6.07) is 1.14. The fourth-order valence-electron chi connectivity index (χ4n) is 0.985. The average Bonchev–Trinajstić information content (AvgIpc) is 2.17. The van der Waals surface area contributed by atoms with Gasteiger partial charge < -0.3 is 10.5 Å². The quantitative estimate of drug-likeness (QED) is 0.856. The number of nitrogens with two attached hydrogens (primary N) is 1. The van der Waals surface area contributed by atoms with Gasteiger partial charge in [0.15, 0.2) is 0 Å². The SMILES string of the molecule is COc1cc(C(F)F)nc(CBr)c1N. The van der Waals surface area contributed by atoms with Gasteiger partial charge in [0, 0.05) is 11.4 Å². The van der Waals surface area contributed by atoms with E-state index < -0.39 is 6.43 Å². The first-order valence-corrected chi connectivity index (χ1v) is 4.89. The predicted molar refractivity (Wildman–Crippen MR) is 52.8 cm³/mol. The van der Waals surface area contributed by atoms with Crippen LogP contribution in [0.4, 0.5) is 14.5 Å². The van der Waals surface area contributed by atoms with Gasteiger partial charge in [-0.1, -0.05) is 15.9 Å². The Bertz CT molecular complexity index is 308. The zero-order valence-electron chi connectivity index (χ0n) is 7.43. The van der Waals surface area contributed by atoms with E-state index in [4.69, 9.17) is 10.5 Å². The minimum Gasteiger partial charge on any atom is -0.494 e. The van der Waals surface area contributed by atoms with Gasteiger partial charge in [0.1, 0.15) is 11.4 Å². The number of halogens is 3. The summed E-state index contributed by atoms with van der Waals surface area (Å²) in [5.41, 5.74) is 5.93. The number of nitrogen functional groups attached to an aromatic ring is 1. The number of pyridine rings is 1. The summed E-state index contributed by atoms with van der Waals surface area (Å²) in [4.78, 5) is 3.70. The lowest BCUT2D eigenvalue weighted by molar-refractivity contribution is 0.145. The summed E-state index contributed by atoms with van der Waals surface area (Å²) in [5, 5.41) is 0.315. The number of hydrogen-bond donors (Lipinski definition) is 1. The van der Waals surface area contributed by atoms with Crippen LogP contribution >= 0.6 is 15.9 Å². The molecular weight excluding hydrogens is 258 g/mol. The summed E-state index contributed by atoms with van der Waals surface area (Å²) in [6.45, 7) is 0. The van der Waals surface area contributed by atoms with Crippen LogP contribution < -0.4 is 10.5 Å². The van der Waals surface area contributed by atoms with Gasteiger partial charge >= 0.3 is 0 Å². The zero-order valence-corrected chi connectivity index (χ0v) is 9.01. The van der Waals surface area contributed by atoms with Crippen molar-refractivity contribution in [2.45, 2.75) is 11.8 Å². The highest BCUT2D eigenvalue weighted by molar-refractivity contribution is 9.08. The van der Waals surface area contributed by atoms with Crippen molar-refractivity contribution < 1.29 is 13.5 Å². The largest absolute Gasteiger partial charge is 0.494 e. The second-order valence-corrected chi connectivity index (χ2v) is 3.10. The lowest BCUT2D eigenvalue weighted by Gasteiger charge is -2.10. The van der Waals surface area contributed by atoms with Crippen LogP contribution in [0, 0.1) is 0 Å². The summed E-state index contributed by atoms with van der Waals surface area (Å²) in [7, 11) is 1.37. The highest BCUT2D eigenvalue weighted by atomic mass is 79.9. The Morgan fingerprint density at radius 3 is 2.71 bits per heavy atom. The van der Waals surface area contributed by atoms with E-state index in [1.807, 2.05) is 0 Å². The molecule has 1 aromatic rings. The molecule has 0 bridgehead atoms. The highest BCUT2D eigenvalue weighted by Gasteiger charge is 2.15. The van der Waals surface area contributed by atoms with Crippen molar-refractivity contribution in [2.75, 3.05) is 12.8 Å². The molecule has 0 saturated carbocycles. The Balaban J connectivity index is 3.25. The van der Waals surface area contributed by atoms with Crippen LogP contribution in [0.25, 0.3) is 0 Å². The van der Waals surface area contributed by atoms with Crippen molar-refractivity contribution in [1.29, 1.82) is 0 Å². The van der Waals surface area contributed by atoms with Crippen LogP contribution in [-0.4, -0.2) is 12.1 Å². The van der Waals surface area contributed by atoms with Crippen molar-refractivity contribution in [1.82, 2.24) is 4.98 Å². The summed E-state index contributed by atoms with van der Waals surface area (Å²) in [5.74, 6) is 0.227. The third-order valence-electron chi connectivity index (χ3n) is 1.69. The molecule has 0 aromatic carbocycles. The van der Waals surface area contributed by atoms with E-state index in [1.165, 1.54) is 7.11 Å². The van der Waals surface area contributed by atoms with Gasteiger partial charge in [-0.05, 0) is 0 Å². The van der Waals surface area contributed by atoms with E-state index >= 15 is 0 Å². The van der Waals surface area contributed by atoms with E-state index in [0.29, 0.717) is 11.0 Å². The van der Waals surface area contributed by atoms with E-state index in [2.05, 4.69) is 20.9 Å². The highest BCUT2D eigenvalue weighted by Crippen LogP contribution is 2.30. The Morgan fingerprint density at radius 1 is 1.64 bits per heavy atom. The molecule has 6 heteroatoms. The molecular formula is C8H9BrF2N2O. The van der Waals surface area contributed by atoms with Crippen LogP contribution in [0.5, 0.6) is 5.75 Å². The topological polar surface area (TPSA) is 48.1 Å². The first-order chi connectivity index (χ1) is 6.60. The van der Waals surface area contributed by atoms with E-state index in [0.717, 1.165) is 6.07 Å². The maximum atomic E-state index is 12.4. The Morgan fingerprint density at radius 2 is 2.29 bits per heavy atom. The molecule has 0 radical (unpaired) electrons. The van der Waals surface area contributed by atoms with Gasteiger partial charge in [0.25, 0.3) is 6.43 Å². The lowest BCUT2D eigenvalue weighted by atomic mass is 10.2. The van der Waals surface area contributed by atoms with Crippen LogP contribution in [0.2, 0.25) is 0 Å². The molecule has 1 heterocycles. The van der Waals surface area contributed by atoms with E-state index in [-0.39, 0.29) is 17.1 Å². The number of aromatic nitrogens is 1. The number of ether oxygens (including phenoxy) is 1. The summed E-state index contributed by atoms with van der Waals surface area (Å²) < 4.78 is 29.6. The zero-order chi connectivity index (χ0) is 10.7. The van der Waals surface area contributed by atoms with Gasteiger partial charge in [-0.25, -0.2) is 13.8 Å². The predicted octanol–water partition coefficient (Wildman–Crippen LogP) is 2.50. The Hall–Kier alpha value is -0.910. The second kappa shape index (κ2) is 4.54.